The van der Waals surface area contributed by atoms with Gasteiger partial charge in [-0.15, -0.1) is 0 Å². The van der Waals surface area contributed by atoms with Gasteiger partial charge in [0.2, 0.25) is 12.3 Å². The molecule has 0 amide bonds. The molecule has 1 aliphatic carbocycles. The summed E-state index contributed by atoms with van der Waals surface area (Å²) in [4.78, 5) is 0. The summed E-state index contributed by atoms with van der Waals surface area (Å²) >= 11 is 1.06. The fraction of sp³-hybridized carbons (Fsp3) is 0.385. The molecule has 0 saturated carbocycles. The molecule has 0 aromatic heterocycles. The van der Waals surface area contributed by atoms with Gasteiger partial charge >= 0.3 is 0 Å². The third-order valence-corrected chi connectivity index (χ3v) is 3.15. The first-order valence-corrected chi connectivity index (χ1v) is 6.23. The highest BCUT2D eigenvalue weighted by Gasteiger charge is 2.16. The molecular weight excluding hydrogens is 220 g/mol. The van der Waals surface area contributed by atoms with E-state index in [0.29, 0.717) is 0 Å². The minimum atomic E-state index is 1.01. The van der Waals surface area contributed by atoms with Gasteiger partial charge in [-0.3, -0.25) is 4.18 Å². The van der Waals surface area contributed by atoms with Crippen LogP contribution in [-0.2, 0) is 8.37 Å². The van der Waals surface area contributed by atoms with Crippen molar-refractivity contribution >= 4 is 17.9 Å². The Hall–Kier alpha value is -0.930. The minimum Gasteiger partial charge on any atom is -0.405 e. The summed E-state index contributed by atoms with van der Waals surface area (Å²) in [5, 5.41) is 0. The summed E-state index contributed by atoms with van der Waals surface area (Å²) in [6.07, 6.45) is 4.56. The predicted molar refractivity (Wildman–Crippen MR) is 67.5 cm³/mol. The van der Waals surface area contributed by atoms with E-state index in [2.05, 4.69) is 24.3 Å². The molecule has 0 aliphatic heterocycles. The van der Waals surface area contributed by atoms with Crippen LogP contribution < -0.4 is 0 Å². The molecule has 86 valence electrons. The Kier molecular flexibility index (Phi) is 4.31. The van der Waals surface area contributed by atoms with E-state index < -0.39 is 0 Å². The first kappa shape index (κ1) is 11.6. The molecule has 1 aliphatic rings. The van der Waals surface area contributed by atoms with Gasteiger partial charge in [-0.1, -0.05) is 30.3 Å². The Balaban J connectivity index is 2.22. The average molecular weight is 236 g/mol. The van der Waals surface area contributed by atoms with Gasteiger partial charge in [0.15, 0.2) is 0 Å². The minimum absolute atomic E-state index is 1.01. The van der Waals surface area contributed by atoms with Crippen LogP contribution in [-0.4, -0.2) is 7.11 Å². The first-order valence-electron chi connectivity index (χ1n) is 5.56. The lowest BCUT2D eigenvalue weighted by Gasteiger charge is -2.19. The summed E-state index contributed by atoms with van der Waals surface area (Å²) in [7, 11) is 1.62. The highest BCUT2D eigenvalue weighted by atomic mass is 32.2. The number of rotatable bonds is 4. The maximum absolute atomic E-state index is 5.57. The topological polar surface area (TPSA) is 18.5 Å². The van der Waals surface area contributed by atoms with Crippen molar-refractivity contribution in [1.29, 1.82) is 0 Å². The first-order chi connectivity index (χ1) is 7.92. The molecule has 0 N–H and O–H groups in total. The molecule has 0 radical (unpaired) electrons. The smallest absolute Gasteiger partial charge is 0.224 e. The molecule has 2 rings (SSSR count). The van der Waals surface area contributed by atoms with E-state index in [1.54, 1.807) is 7.11 Å². The molecule has 0 bridgehead atoms. The summed E-state index contributed by atoms with van der Waals surface area (Å²) < 4.78 is 10.5. The Bertz CT molecular complexity index is 359. The van der Waals surface area contributed by atoms with Crippen molar-refractivity contribution in [2.24, 2.45) is 0 Å². The van der Waals surface area contributed by atoms with E-state index in [9.17, 15) is 0 Å². The zero-order valence-corrected chi connectivity index (χ0v) is 10.3. The third kappa shape index (κ3) is 2.80. The fourth-order valence-electron chi connectivity index (χ4n) is 1.99. The highest BCUT2D eigenvalue weighted by Crippen LogP contribution is 2.34. The Labute approximate surface area is 101 Å². The van der Waals surface area contributed by atoms with Crippen molar-refractivity contribution in [3.8, 4) is 0 Å². The third-order valence-electron chi connectivity index (χ3n) is 2.74. The van der Waals surface area contributed by atoms with Crippen molar-refractivity contribution in [3.05, 3.63) is 41.7 Å². The van der Waals surface area contributed by atoms with Crippen LogP contribution in [0.15, 0.2) is 36.1 Å². The summed E-state index contributed by atoms with van der Waals surface area (Å²) in [6, 6.07) is 10.5. The average Bonchev–Trinajstić information content (AvgIpc) is 2.38. The van der Waals surface area contributed by atoms with Crippen LogP contribution in [0.3, 0.4) is 0 Å². The van der Waals surface area contributed by atoms with Crippen molar-refractivity contribution in [2.75, 3.05) is 7.11 Å². The van der Waals surface area contributed by atoms with Crippen LogP contribution in [0, 0.1) is 0 Å². The molecule has 0 fully saturated rings. The molecule has 0 spiro atoms. The molecule has 0 heterocycles. The normalized spacial score (nSPS) is 16.3. The largest absolute Gasteiger partial charge is 0.405 e. The van der Waals surface area contributed by atoms with Gasteiger partial charge in [0.25, 0.3) is 0 Å². The molecule has 16 heavy (non-hydrogen) atoms. The SMILES string of the molecule is COSOC1=C(c2ccccc2)CCCC1. The van der Waals surface area contributed by atoms with Crippen molar-refractivity contribution in [3.63, 3.8) is 0 Å². The second-order valence-electron chi connectivity index (χ2n) is 3.79. The van der Waals surface area contributed by atoms with Crippen LogP contribution in [0.5, 0.6) is 0 Å². The van der Waals surface area contributed by atoms with Gasteiger partial charge in [0, 0.05) is 6.42 Å². The Morgan fingerprint density at radius 1 is 1.06 bits per heavy atom. The Morgan fingerprint density at radius 3 is 2.56 bits per heavy atom. The second kappa shape index (κ2) is 5.97. The lowest BCUT2D eigenvalue weighted by molar-refractivity contribution is 0.373. The molecule has 0 atom stereocenters. The molecule has 2 nitrogen and oxygen atoms in total. The lowest BCUT2D eigenvalue weighted by Crippen LogP contribution is -2.00. The van der Waals surface area contributed by atoms with Gasteiger partial charge in [-0.05, 0) is 30.4 Å². The number of allylic oxidation sites excluding steroid dienone is 2. The van der Waals surface area contributed by atoms with Gasteiger partial charge in [-0.25, -0.2) is 0 Å². The lowest BCUT2D eigenvalue weighted by atomic mass is 9.92. The van der Waals surface area contributed by atoms with E-state index in [-0.39, 0.29) is 0 Å². The monoisotopic (exact) mass is 236 g/mol. The van der Waals surface area contributed by atoms with Crippen LogP contribution in [0.2, 0.25) is 0 Å². The van der Waals surface area contributed by atoms with Crippen molar-refractivity contribution in [2.45, 2.75) is 25.7 Å². The quantitative estimate of drug-likeness (QED) is 0.730. The van der Waals surface area contributed by atoms with E-state index in [0.717, 1.165) is 30.9 Å². The van der Waals surface area contributed by atoms with Crippen LogP contribution in [0.1, 0.15) is 31.2 Å². The summed E-state index contributed by atoms with van der Waals surface area (Å²) in [5.74, 6) is 1.07. The zero-order chi connectivity index (χ0) is 11.2. The fourth-order valence-corrected chi connectivity index (χ4v) is 2.32. The molecule has 0 saturated heterocycles. The van der Waals surface area contributed by atoms with E-state index in [1.165, 1.54) is 24.0 Å². The van der Waals surface area contributed by atoms with Crippen LogP contribution in [0.25, 0.3) is 5.57 Å². The standard InChI is InChI=1S/C13H16O2S/c1-14-16-15-13-10-6-5-9-12(13)11-7-3-2-4-8-11/h2-4,7-8H,5-6,9-10H2,1H3. The van der Waals surface area contributed by atoms with E-state index in [1.807, 2.05) is 6.07 Å². The Morgan fingerprint density at radius 2 is 1.81 bits per heavy atom. The summed E-state index contributed by atoms with van der Waals surface area (Å²) in [6.45, 7) is 0. The van der Waals surface area contributed by atoms with Gasteiger partial charge in [-0.2, -0.15) is 0 Å². The number of benzene rings is 1. The van der Waals surface area contributed by atoms with Crippen LogP contribution in [0.4, 0.5) is 0 Å². The van der Waals surface area contributed by atoms with Gasteiger partial charge in [0.05, 0.1) is 7.11 Å². The molecule has 0 unspecified atom stereocenters. The van der Waals surface area contributed by atoms with Crippen molar-refractivity contribution < 1.29 is 8.37 Å². The maximum Gasteiger partial charge on any atom is 0.224 e. The predicted octanol–water partition coefficient (Wildman–Crippen LogP) is 4.20. The molecular formula is C13H16O2S. The molecule has 1 aromatic carbocycles. The van der Waals surface area contributed by atoms with Crippen LogP contribution >= 0.6 is 12.3 Å². The molecule has 3 heteroatoms. The number of hydrogen-bond acceptors (Lipinski definition) is 3. The van der Waals surface area contributed by atoms with Gasteiger partial charge < -0.3 is 4.18 Å². The van der Waals surface area contributed by atoms with E-state index >= 15 is 0 Å². The van der Waals surface area contributed by atoms with Crippen molar-refractivity contribution in [1.82, 2.24) is 0 Å². The van der Waals surface area contributed by atoms with Gasteiger partial charge in [0.1, 0.15) is 5.76 Å². The zero-order valence-electron chi connectivity index (χ0n) is 9.44. The highest BCUT2D eigenvalue weighted by molar-refractivity contribution is 7.89. The van der Waals surface area contributed by atoms with E-state index in [4.69, 9.17) is 8.37 Å². The second-order valence-corrected chi connectivity index (χ2v) is 4.43. The maximum atomic E-state index is 5.57. The number of hydrogen-bond donors (Lipinski definition) is 0. The molecule has 1 aromatic rings. The summed E-state index contributed by atoms with van der Waals surface area (Å²) in [5.41, 5.74) is 2.60.